The normalized spacial score (nSPS) is 11.0. The van der Waals surface area contributed by atoms with Crippen molar-refractivity contribution < 1.29 is 4.79 Å². The summed E-state index contributed by atoms with van der Waals surface area (Å²) in [6.45, 7) is 0. The van der Waals surface area contributed by atoms with Crippen LogP contribution in [-0.2, 0) is 0 Å². The Morgan fingerprint density at radius 3 is 2.81 bits per heavy atom. The largest absolute Gasteiger partial charge is 0.293 e. The number of carbonyl (C=O) groups is 1. The standard InChI is InChI=1S/C14H8Br2N2OS2/c15-12-5-9(13(16)21-12)11(19)6-20-14-8-3-1-2-4-10(8)17-7-18-14/h1-5,7H,6H2. The van der Waals surface area contributed by atoms with Crippen molar-refractivity contribution in [2.24, 2.45) is 0 Å². The lowest BCUT2D eigenvalue weighted by atomic mass is 10.2. The first-order valence-electron chi connectivity index (χ1n) is 5.96. The number of halogens is 2. The fourth-order valence-corrected chi connectivity index (χ4v) is 5.57. The molecule has 0 radical (unpaired) electrons. The number of benzene rings is 1. The number of aromatic nitrogens is 2. The molecule has 0 spiro atoms. The maximum absolute atomic E-state index is 12.3. The van der Waals surface area contributed by atoms with Gasteiger partial charge in [-0.05, 0) is 44.0 Å². The second-order valence-electron chi connectivity index (χ2n) is 4.15. The topological polar surface area (TPSA) is 42.9 Å². The van der Waals surface area contributed by atoms with Crippen LogP contribution in [0.5, 0.6) is 0 Å². The van der Waals surface area contributed by atoms with Gasteiger partial charge < -0.3 is 0 Å². The van der Waals surface area contributed by atoms with E-state index in [-0.39, 0.29) is 5.78 Å². The zero-order valence-corrected chi connectivity index (χ0v) is 15.4. The quantitative estimate of drug-likeness (QED) is 0.316. The molecule has 21 heavy (non-hydrogen) atoms. The van der Waals surface area contributed by atoms with Gasteiger partial charge in [-0.25, -0.2) is 9.97 Å². The third kappa shape index (κ3) is 3.36. The van der Waals surface area contributed by atoms with Crippen LogP contribution in [0.1, 0.15) is 10.4 Å². The number of hydrogen-bond acceptors (Lipinski definition) is 5. The molecule has 2 aromatic heterocycles. The van der Waals surface area contributed by atoms with E-state index < -0.39 is 0 Å². The molecule has 0 aliphatic rings. The number of thiophene rings is 1. The minimum absolute atomic E-state index is 0.0801. The van der Waals surface area contributed by atoms with E-state index in [2.05, 4.69) is 41.8 Å². The predicted octanol–water partition coefficient (Wildman–Crippen LogP) is 5.19. The molecule has 0 aliphatic carbocycles. The Balaban J connectivity index is 1.81. The van der Waals surface area contributed by atoms with Crippen LogP contribution < -0.4 is 0 Å². The Hall–Kier alpha value is -0.760. The third-order valence-corrected chi connectivity index (χ3v) is 6.15. The van der Waals surface area contributed by atoms with Gasteiger partial charge in [-0.1, -0.05) is 30.0 Å². The number of ketones is 1. The Morgan fingerprint density at radius 1 is 1.24 bits per heavy atom. The van der Waals surface area contributed by atoms with E-state index in [0.717, 1.165) is 23.5 Å². The molecule has 3 nitrogen and oxygen atoms in total. The number of carbonyl (C=O) groups excluding carboxylic acids is 1. The zero-order valence-electron chi connectivity index (χ0n) is 10.5. The monoisotopic (exact) mass is 442 g/mol. The number of para-hydroxylation sites is 1. The molecule has 2 heterocycles. The van der Waals surface area contributed by atoms with Crippen molar-refractivity contribution in [3.8, 4) is 0 Å². The average Bonchev–Trinajstić information content (AvgIpc) is 2.83. The summed E-state index contributed by atoms with van der Waals surface area (Å²) in [5.74, 6) is 0.430. The van der Waals surface area contributed by atoms with E-state index >= 15 is 0 Å². The summed E-state index contributed by atoms with van der Waals surface area (Å²) >= 11 is 9.74. The highest BCUT2D eigenvalue weighted by Gasteiger charge is 2.15. The number of thioether (sulfide) groups is 1. The summed E-state index contributed by atoms with van der Waals surface area (Å²) in [4.78, 5) is 20.8. The number of Topliss-reactive ketones (excluding diaryl/α,β-unsaturated/α-hetero) is 1. The molecule has 0 N–H and O–H groups in total. The highest BCUT2D eigenvalue weighted by molar-refractivity contribution is 9.12. The molecule has 0 amide bonds. The summed E-state index contributed by atoms with van der Waals surface area (Å²) < 4.78 is 1.79. The minimum Gasteiger partial charge on any atom is -0.293 e. The molecule has 1 aromatic carbocycles. The Kier molecular flexibility index (Phi) is 4.73. The smallest absolute Gasteiger partial charge is 0.175 e. The SMILES string of the molecule is O=C(CSc1ncnc2ccccc12)c1cc(Br)sc1Br. The Bertz CT molecular complexity index is 814. The van der Waals surface area contributed by atoms with E-state index in [1.165, 1.54) is 29.4 Å². The van der Waals surface area contributed by atoms with Crippen molar-refractivity contribution in [1.82, 2.24) is 9.97 Å². The van der Waals surface area contributed by atoms with Gasteiger partial charge in [0.15, 0.2) is 5.78 Å². The maximum atomic E-state index is 12.3. The average molecular weight is 444 g/mol. The molecule has 0 bridgehead atoms. The van der Waals surface area contributed by atoms with Crippen molar-refractivity contribution in [2.75, 3.05) is 5.75 Å². The van der Waals surface area contributed by atoms with E-state index in [4.69, 9.17) is 0 Å². The lowest BCUT2D eigenvalue weighted by Crippen LogP contribution is -2.02. The van der Waals surface area contributed by atoms with Crippen molar-refractivity contribution in [3.05, 3.63) is 49.8 Å². The van der Waals surface area contributed by atoms with Gasteiger partial charge in [0.05, 0.1) is 18.8 Å². The zero-order chi connectivity index (χ0) is 14.8. The molecule has 0 saturated carbocycles. The molecular formula is C14H8Br2N2OS2. The van der Waals surface area contributed by atoms with Gasteiger partial charge in [-0.15, -0.1) is 11.3 Å². The van der Waals surface area contributed by atoms with Crippen LogP contribution in [0.25, 0.3) is 10.9 Å². The van der Waals surface area contributed by atoms with Gasteiger partial charge in [0.1, 0.15) is 11.4 Å². The van der Waals surface area contributed by atoms with Gasteiger partial charge in [0.25, 0.3) is 0 Å². The lowest BCUT2D eigenvalue weighted by molar-refractivity contribution is 0.102. The molecule has 3 rings (SSSR count). The molecule has 3 aromatic rings. The molecule has 106 valence electrons. The molecule has 0 unspecified atom stereocenters. The second kappa shape index (κ2) is 6.56. The van der Waals surface area contributed by atoms with Crippen LogP contribution in [0.3, 0.4) is 0 Å². The van der Waals surface area contributed by atoms with Crippen molar-refractivity contribution in [1.29, 1.82) is 0 Å². The van der Waals surface area contributed by atoms with E-state index in [1.54, 1.807) is 0 Å². The fourth-order valence-electron chi connectivity index (χ4n) is 1.84. The fraction of sp³-hybridized carbons (Fsp3) is 0.0714. The van der Waals surface area contributed by atoms with Crippen LogP contribution in [0.15, 0.2) is 49.3 Å². The highest BCUT2D eigenvalue weighted by Crippen LogP contribution is 2.33. The van der Waals surface area contributed by atoms with E-state index in [1.807, 2.05) is 30.3 Å². The summed E-state index contributed by atoms with van der Waals surface area (Å²) in [7, 11) is 0. The highest BCUT2D eigenvalue weighted by atomic mass is 79.9. The molecular weight excluding hydrogens is 436 g/mol. The number of fused-ring (bicyclic) bond motifs is 1. The van der Waals surface area contributed by atoms with Crippen LogP contribution in [0.4, 0.5) is 0 Å². The van der Waals surface area contributed by atoms with E-state index in [0.29, 0.717) is 11.3 Å². The summed E-state index contributed by atoms with van der Waals surface area (Å²) in [6.07, 6.45) is 1.53. The van der Waals surface area contributed by atoms with Crippen molar-refractivity contribution >= 4 is 71.6 Å². The molecule has 0 atom stereocenters. The van der Waals surface area contributed by atoms with Crippen LogP contribution in [0, 0.1) is 0 Å². The first-order chi connectivity index (χ1) is 10.1. The Labute approximate surface area is 146 Å². The van der Waals surface area contributed by atoms with Gasteiger partial charge in [-0.2, -0.15) is 0 Å². The number of hydrogen-bond donors (Lipinski definition) is 0. The van der Waals surface area contributed by atoms with Gasteiger partial charge in [0, 0.05) is 10.9 Å². The lowest BCUT2D eigenvalue weighted by Gasteiger charge is -2.03. The van der Waals surface area contributed by atoms with Crippen molar-refractivity contribution in [2.45, 2.75) is 5.03 Å². The molecule has 0 saturated heterocycles. The van der Waals surface area contributed by atoms with Crippen LogP contribution in [0.2, 0.25) is 0 Å². The maximum Gasteiger partial charge on any atom is 0.175 e. The second-order valence-corrected chi connectivity index (χ2v) is 8.86. The van der Waals surface area contributed by atoms with Crippen LogP contribution >= 0.6 is 55.0 Å². The van der Waals surface area contributed by atoms with E-state index in [9.17, 15) is 4.79 Å². The third-order valence-electron chi connectivity index (χ3n) is 2.80. The minimum atomic E-state index is 0.0801. The molecule has 7 heteroatoms. The molecule has 0 fully saturated rings. The summed E-state index contributed by atoms with van der Waals surface area (Å²) in [6, 6.07) is 9.64. The molecule has 0 aliphatic heterocycles. The summed E-state index contributed by atoms with van der Waals surface area (Å²) in [5, 5.41) is 1.81. The summed E-state index contributed by atoms with van der Waals surface area (Å²) in [5.41, 5.74) is 1.60. The Morgan fingerprint density at radius 2 is 2.05 bits per heavy atom. The van der Waals surface area contributed by atoms with Gasteiger partial charge in [0.2, 0.25) is 0 Å². The van der Waals surface area contributed by atoms with Crippen molar-refractivity contribution in [3.63, 3.8) is 0 Å². The number of rotatable bonds is 4. The first-order valence-corrected chi connectivity index (χ1v) is 9.34. The first kappa shape index (κ1) is 15.1. The predicted molar refractivity (Wildman–Crippen MR) is 94.3 cm³/mol. The van der Waals surface area contributed by atoms with Gasteiger partial charge >= 0.3 is 0 Å². The van der Waals surface area contributed by atoms with Gasteiger partial charge in [-0.3, -0.25) is 4.79 Å². The van der Waals surface area contributed by atoms with Crippen LogP contribution in [-0.4, -0.2) is 21.5 Å². The number of nitrogens with zero attached hydrogens (tertiary/aromatic N) is 2.